The van der Waals surface area contributed by atoms with Gasteiger partial charge in [-0.1, -0.05) is 0 Å². The highest BCUT2D eigenvalue weighted by atomic mass is 19.1. The number of rotatable bonds is 3. The molecule has 0 radical (unpaired) electrons. The molecule has 5 heteroatoms. The Labute approximate surface area is 123 Å². The van der Waals surface area contributed by atoms with E-state index in [1.54, 1.807) is 0 Å². The second-order valence-corrected chi connectivity index (χ2v) is 6.81. The minimum absolute atomic E-state index is 0.0522. The van der Waals surface area contributed by atoms with Crippen LogP contribution in [0.2, 0.25) is 0 Å². The van der Waals surface area contributed by atoms with Crippen molar-refractivity contribution in [3.8, 4) is 0 Å². The molecule has 0 bridgehead atoms. The molecular formula is C16H21F2NO2. The van der Waals surface area contributed by atoms with Crippen molar-refractivity contribution in [3.05, 3.63) is 35.4 Å². The zero-order valence-electron chi connectivity index (χ0n) is 12.9. The fourth-order valence-electron chi connectivity index (χ4n) is 3.06. The van der Waals surface area contributed by atoms with Crippen molar-refractivity contribution in [2.45, 2.75) is 38.9 Å². The molecule has 3 nitrogen and oxygen atoms in total. The van der Waals surface area contributed by atoms with Gasteiger partial charge in [0.05, 0.1) is 23.3 Å². The van der Waals surface area contributed by atoms with Crippen molar-refractivity contribution >= 4 is 5.78 Å². The number of nitrogens with zero attached hydrogens (tertiary/aromatic N) is 1. The van der Waals surface area contributed by atoms with Crippen molar-refractivity contribution in [1.82, 2.24) is 4.90 Å². The van der Waals surface area contributed by atoms with Gasteiger partial charge >= 0.3 is 0 Å². The van der Waals surface area contributed by atoms with E-state index in [9.17, 15) is 13.6 Å². The third kappa shape index (κ3) is 4.08. The van der Waals surface area contributed by atoms with Gasteiger partial charge in [-0.15, -0.1) is 0 Å². The molecule has 116 valence electrons. The van der Waals surface area contributed by atoms with Crippen LogP contribution in [-0.2, 0) is 4.74 Å². The number of ether oxygens (including phenoxy) is 1. The van der Waals surface area contributed by atoms with Crippen LogP contribution in [0.5, 0.6) is 0 Å². The normalized spacial score (nSPS) is 21.2. The molecule has 1 aliphatic rings. The van der Waals surface area contributed by atoms with Gasteiger partial charge in [-0.3, -0.25) is 9.69 Å². The minimum atomic E-state index is -0.687. The average Bonchev–Trinajstić information content (AvgIpc) is 2.27. The number of benzene rings is 1. The van der Waals surface area contributed by atoms with Crippen molar-refractivity contribution in [2.24, 2.45) is 0 Å². The van der Waals surface area contributed by atoms with Crippen LogP contribution in [0.25, 0.3) is 0 Å². The van der Waals surface area contributed by atoms with Gasteiger partial charge in [0.15, 0.2) is 5.78 Å². The molecular weight excluding hydrogens is 276 g/mol. The highest BCUT2D eigenvalue weighted by Gasteiger charge is 2.38. The Hall–Kier alpha value is -1.33. The zero-order valence-corrected chi connectivity index (χ0v) is 12.9. The van der Waals surface area contributed by atoms with Crippen molar-refractivity contribution in [2.75, 3.05) is 19.6 Å². The first-order valence-electron chi connectivity index (χ1n) is 6.99. The summed E-state index contributed by atoms with van der Waals surface area (Å²) in [5, 5.41) is 0. The predicted octanol–water partition coefficient (Wildman–Crippen LogP) is 3.04. The van der Waals surface area contributed by atoms with Crippen LogP contribution in [0.3, 0.4) is 0 Å². The van der Waals surface area contributed by atoms with E-state index in [1.807, 2.05) is 32.6 Å². The fraction of sp³-hybridized carbons (Fsp3) is 0.562. The molecule has 1 saturated heterocycles. The first-order valence-corrected chi connectivity index (χ1v) is 6.99. The number of hydrogen-bond acceptors (Lipinski definition) is 3. The Bertz CT molecular complexity index is 539. The van der Waals surface area contributed by atoms with E-state index in [-0.39, 0.29) is 23.3 Å². The molecule has 1 aliphatic heterocycles. The van der Waals surface area contributed by atoms with Crippen LogP contribution < -0.4 is 0 Å². The molecule has 0 unspecified atom stereocenters. The third-order valence-electron chi connectivity index (χ3n) is 3.36. The molecule has 1 aromatic rings. The SMILES string of the molecule is CC1(C)CN(CC(=O)c2cc(F)ccc2F)CC(C)(C)O1. The number of carbonyl (C=O) groups is 1. The first-order chi connectivity index (χ1) is 9.58. The van der Waals surface area contributed by atoms with Gasteiger partial charge < -0.3 is 4.74 Å². The second kappa shape index (κ2) is 5.46. The maximum absolute atomic E-state index is 13.6. The number of ketones is 1. The highest BCUT2D eigenvalue weighted by Crippen LogP contribution is 2.28. The quantitative estimate of drug-likeness (QED) is 0.803. The lowest BCUT2D eigenvalue weighted by atomic mass is 9.98. The molecule has 0 saturated carbocycles. The Morgan fingerprint density at radius 3 is 2.33 bits per heavy atom. The predicted molar refractivity (Wildman–Crippen MR) is 76.4 cm³/mol. The third-order valence-corrected chi connectivity index (χ3v) is 3.36. The van der Waals surface area contributed by atoms with Gasteiger partial charge in [0.2, 0.25) is 0 Å². The molecule has 1 aromatic carbocycles. The van der Waals surface area contributed by atoms with E-state index in [0.717, 1.165) is 18.2 Å². The molecule has 0 atom stereocenters. The molecule has 0 amide bonds. The summed E-state index contributed by atoms with van der Waals surface area (Å²) in [7, 11) is 0. The maximum Gasteiger partial charge on any atom is 0.179 e. The summed E-state index contributed by atoms with van der Waals surface area (Å²) in [6.07, 6.45) is 0. The molecule has 1 heterocycles. The first kappa shape index (κ1) is 16.0. The molecule has 0 N–H and O–H groups in total. The summed E-state index contributed by atoms with van der Waals surface area (Å²) in [5.41, 5.74) is -0.970. The van der Waals surface area contributed by atoms with Crippen molar-refractivity contribution < 1.29 is 18.3 Å². The summed E-state index contributed by atoms with van der Waals surface area (Å²) < 4.78 is 32.8. The monoisotopic (exact) mass is 297 g/mol. The smallest absolute Gasteiger partial charge is 0.179 e. The van der Waals surface area contributed by atoms with E-state index in [0.29, 0.717) is 13.1 Å². The van der Waals surface area contributed by atoms with Gasteiger partial charge in [0.1, 0.15) is 11.6 Å². The fourth-order valence-corrected chi connectivity index (χ4v) is 3.06. The summed E-state index contributed by atoms with van der Waals surface area (Å²) in [6.45, 7) is 9.00. The van der Waals surface area contributed by atoms with E-state index in [4.69, 9.17) is 4.74 Å². The Morgan fingerprint density at radius 1 is 1.19 bits per heavy atom. The van der Waals surface area contributed by atoms with Crippen LogP contribution in [0, 0.1) is 11.6 Å². The highest BCUT2D eigenvalue weighted by molar-refractivity contribution is 5.97. The van der Waals surface area contributed by atoms with Crippen LogP contribution >= 0.6 is 0 Å². The molecule has 1 fully saturated rings. The van der Waals surface area contributed by atoms with E-state index in [1.165, 1.54) is 0 Å². The molecule has 2 rings (SSSR count). The zero-order chi connectivity index (χ0) is 15.8. The topological polar surface area (TPSA) is 29.5 Å². The van der Waals surface area contributed by atoms with Gasteiger partial charge in [-0.25, -0.2) is 8.78 Å². The van der Waals surface area contributed by atoms with Gasteiger partial charge in [0, 0.05) is 13.1 Å². The molecule has 0 spiro atoms. The second-order valence-electron chi connectivity index (χ2n) is 6.81. The molecule has 0 aliphatic carbocycles. The lowest BCUT2D eigenvalue weighted by molar-refractivity contribution is -0.178. The van der Waals surface area contributed by atoms with Crippen molar-refractivity contribution in [1.29, 1.82) is 0 Å². The summed E-state index contributed by atoms with van der Waals surface area (Å²) >= 11 is 0. The number of Topliss-reactive ketones (excluding diaryl/α,β-unsaturated/α-hetero) is 1. The van der Waals surface area contributed by atoms with E-state index in [2.05, 4.69) is 0 Å². The molecule has 0 aromatic heterocycles. The summed E-state index contributed by atoms with van der Waals surface area (Å²) in [4.78, 5) is 14.1. The van der Waals surface area contributed by atoms with Gasteiger partial charge in [0.25, 0.3) is 0 Å². The number of hydrogen-bond donors (Lipinski definition) is 0. The number of halogens is 2. The van der Waals surface area contributed by atoms with Crippen LogP contribution in [0.15, 0.2) is 18.2 Å². The van der Waals surface area contributed by atoms with Crippen LogP contribution in [0.4, 0.5) is 8.78 Å². The lowest BCUT2D eigenvalue weighted by Crippen LogP contribution is -2.58. The Morgan fingerprint density at radius 2 is 1.76 bits per heavy atom. The maximum atomic E-state index is 13.6. The Kier molecular flexibility index (Phi) is 4.17. The standard InChI is InChI=1S/C16H21F2NO2/c1-15(2)9-19(10-16(3,4)21-15)8-14(20)12-7-11(17)5-6-13(12)18/h5-7H,8-10H2,1-4H3. The van der Waals surface area contributed by atoms with E-state index >= 15 is 0 Å². The number of morpholine rings is 1. The summed E-state index contributed by atoms with van der Waals surface area (Å²) in [6, 6.07) is 2.94. The van der Waals surface area contributed by atoms with Gasteiger partial charge in [-0.05, 0) is 45.9 Å². The van der Waals surface area contributed by atoms with E-state index < -0.39 is 17.4 Å². The summed E-state index contributed by atoms with van der Waals surface area (Å²) in [5.74, 6) is -1.71. The minimum Gasteiger partial charge on any atom is -0.367 e. The lowest BCUT2D eigenvalue weighted by Gasteiger charge is -2.47. The van der Waals surface area contributed by atoms with Crippen LogP contribution in [0.1, 0.15) is 38.1 Å². The van der Waals surface area contributed by atoms with Crippen molar-refractivity contribution in [3.63, 3.8) is 0 Å². The van der Waals surface area contributed by atoms with Gasteiger partial charge in [-0.2, -0.15) is 0 Å². The molecule has 21 heavy (non-hydrogen) atoms. The largest absolute Gasteiger partial charge is 0.367 e. The number of carbonyl (C=O) groups excluding carboxylic acids is 1. The average molecular weight is 297 g/mol. The Balaban J connectivity index is 2.14. The van der Waals surface area contributed by atoms with Crippen LogP contribution in [-0.4, -0.2) is 41.5 Å².